The van der Waals surface area contributed by atoms with Gasteiger partial charge in [0.05, 0.1) is 20.6 Å². The van der Waals surface area contributed by atoms with E-state index in [1.165, 1.54) is 0 Å². The molecule has 30 heavy (non-hydrogen) atoms. The molecule has 0 unspecified atom stereocenters. The average Bonchev–Trinajstić information content (AvgIpc) is 2.99. The molecule has 0 amide bonds. The lowest BCUT2D eigenvalue weighted by Crippen LogP contribution is -2.15. The Labute approximate surface area is 185 Å². The first-order valence-corrected chi connectivity index (χ1v) is 9.72. The lowest BCUT2D eigenvalue weighted by molar-refractivity contribution is 0.0474. The number of esters is 1. The van der Waals surface area contributed by atoms with E-state index in [2.05, 4.69) is 0 Å². The highest BCUT2D eigenvalue weighted by atomic mass is 35.5. The summed E-state index contributed by atoms with van der Waals surface area (Å²) in [5.41, 5.74) is 2.04. The molecule has 1 heterocycles. The molecule has 0 fully saturated rings. The molecule has 0 radical (unpaired) electrons. The number of aromatic nitrogens is 1. The quantitative estimate of drug-likeness (QED) is 0.246. The van der Waals surface area contributed by atoms with E-state index in [1.54, 1.807) is 38.1 Å². The average molecular weight is 473 g/mol. The minimum Gasteiger partial charge on any atom is -0.454 e. The number of rotatable bonds is 5. The van der Waals surface area contributed by atoms with Crippen molar-refractivity contribution in [3.63, 3.8) is 0 Å². The summed E-state index contributed by atoms with van der Waals surface area (Å²) in [5.74, 6) is -3.95. The van der Waals surface area contributed by atoms with Gasteiger partial charge in [0.2, 0.25) is 5.78 Å². The Morgan fingerprint density at radius 2 is 1.57 bits per heavy atom. The molecule has 0 saturated heterocycles. The van der Waals surface area contributed by atoms with Gasteiger partial charge in [-0.1, -0.05) is 34.8 Å². The number of hydrogen-bond donors (Lipinski definition) is 0. The summed E-state index contributed by atoms with van der Waals surface area (Å²) in [6.07, 6.45) is 0. The molecule has 0 N–H and O–H groups in total. The summed E-state index contributed by atoms with van der Waals surface area (Å²) in [7, 11) is 0. The molecule has 3 rings (SSSR count). The van der Waals surface area contributed by atoms with Crippen molar-refractivity contribution in [2.75, 3.05) is 6.61 Å². The van der Waals surface area contributed by atoms with Crippen LogP contribution in [0.25, 0.3) is 5.69 Å². The van der Waals surface area contributed by atoms with Gasteiger partial charge in [-0.25, -0.2) is 13.6 Å². The third-order valence-corrected chi connectivity index (χ3v) is 5.51. The largest absolute Gasteiger partial charge is 0.454 e. The molecule has 0 aliphatic rings. The van der Waals surface area contributed by atoms with Gasteiger partial charge in [0.1, 0.15) is 0 Å². The number of Topliss-reactive ketones (excluding diaryl/α,β-unsaturated/α-hetero) is 1. The number of nitrogens with zero attached hydrogens (tertiary/aromatic N) is 1. The van der Waals surface area contributed by atoms with E-state index >= 15 is 0 Å². The molecular formula is C21H14Cl3F2NO3. The Kier molecular flexibility index (Phi) is 6.50. The molecule has 3 aromatic rings. The van der Waals surface area contributed by atoms with Gasteiger partial charge < -0.3 is 9.30 Å². The molecule has 0 bridgehead atoms. The number of ketones is 1. The molecule has 0 aliphatic carbocycles. The fraction of sp³-hybridized carbons (Fsp3) is 0.143. The van der Waals surface area contributed by atoms with Crippen LogP contribution < -0.4 is 0 Å². The Morgan fingerprint density at radius 3 is 2.23 bits per heavy atom. The monoisotopic (exact) mass is 471 g/mol. The normalized spacial score (nSPS) is 10.9. The number of aryl methyl sites for hydroxylation is 1. The minimum absolute atomic E-state index is 0.316. The van der Waals surface area contributed by atoms with E-state index in [0.717, 1.165) is 5.69 Å². The van der Waals surface area contributed by atoms with Crippen LogP contribution in [0.2, 0.25) is 15.1 Å². The summed E-state index contributed by atoms with van der Waals surface area (Å²) in [5, 5.41) is 0.456. The van der Waals surface area contributed by atoms with Crippen LogP contribution in [0.1, 0.15) is 32.1 Å². The second kappa shape index (κ2) is 8.76. The van der Waals surface area contributed by atoms with E-state index in [0.29, 0.717) is 39.1 Å². The smallest absolute Gasteiger partial charge is 0.340 e. The molecule has 0 spiro atoms. The fourth-order valence-corrected chi connectivity index (χ4v) is 3.55. The number of ether oxygens (including phenoxy) is 1. The maximum atomic E-state index is 13.4. The Hall–Kier alpha value is -2.41. The van der Waals surface area contributed by atoms with Crippen LogP contribution in [0.15, 0.2) is 36.4 Å². The molecule has 156 valence electrons. The van der Waals surface area contributed by atoms with Crippen LogP contribution in [-0.4, -0.2) is 22.9 Å². The Balaban J connectivity index is 1.80. The number of hydrogen-bond acceptors (Lipinski definition) is 3. The van der Waals surface area contributed by atoms with Gasteiger partial charge in [-0.2, -0.15) is 0 Å². The van der Waals surface area contributed by atoms with Crippen molar-refractivity contribution in [2.24, 2.45) is 0 Å². The van der Waals surface area contributed by atoms with Gasteiger partial charge in [0, 0.05) is 22.6 Å². The maximum Gasteiger partial charge on any atom is 0.340 e. The fourth-order valence-electron chi connectivity index (χ4n) is 3.03. The lowest BCUT2D eigenvalue weighted by atomic mass is 10.1. The molecule has 9 heteroatoms. The van der Waals surface area contributed by atoms with Gasteiger partial charge in [-0.05, 0) is 50.2 Å². The highest BCUT2D eigenvalue weighted by molar-refractivity contribution is 6.42. The summed E-state index contributed by atoms with van der Waals surface area (Å²) >= 11 is 17.8. The van der Waals surface area contributed by atoms with Gasteiger partial charge in [-0.15, -0.1) is 0 Å². The van der Waals surface area contributed by atoms with E-state index in [9.17, 15) is 18.4 Å². The zero-order valence-corrected chi connectivity index (χ0v) is 18.0. The minimum atomic E-state index is -1.25. The SMILES string of the molecule is Cc1cc(C(=O)COC(=O)c2cc(F)c(F)cc2Cl)c(C)n1-c1ccc(Cl)c(Cl)c1. The zero-order chi connectivity index (χ0) is 22.2. The molecule has 0 atom stereocenters. The van der Waals surface area contributed by atoms with Gasteiger partial charge >= 0.3 is 5.97 Å². The molecule has 0 saturated carbocycles. The molecule has 4 nitrogen and oxygen atoms in total. The van der Waals surface area contributed by atoms with E-state index < -0.39 is 30.0 Å². The number of benzene rings is 2. The van der Waals surface area contributed by atoms with Crippen molar-refractivity contribution in [1.82, 2.24) is 4.57 Å². The Bertz CT molecular complexity index is 1170. The first kappa shape index (κ1) is 22.3. The van der Waals surface area contributed by atoms with E-state index in [4.69, 9.17) is 39.5 Å². The van der Waals surface area contributed by atoms with Crippen molar-refractivity contribution in [3.8, 4) is 5.69 Å². The summed E-state index contributed by atoms with van der Waals surface area (Å²) in [6, 6.07) is 8.02. The van der Waals surface area contributed by atoms with Crippen LogP contribution in [0.3, 0.4) is 0 Å². The summed E-state index contributed by atoms with van der Waals surface area (Å²) in [6.45, 7) is 2.94. The first-order chi connectivity index (χ1) is 14.1. The first-order valence-electron chi connectivity index (χ1n) is 8.59. The van der Waals surface area contributed by atoms with Crippen LogP contribution in [-0.2, 0) is 4.74 Å². The molecule has 1 aromatic heterocycles. The molecular weight excluding hydrogens is 459 g/mol. The van der Waals surface area contributed by atoms with Crippen LogP contribution >= 0.6 is 34.8 Å². The third-order valence-electron chi connectivity index (χ3n) is 4.46. The van der Waals surface area contributed by atoms with Crippen molar-refractivity contribution in [3.05, 3.63) is 85.6 Å². The van der Waals surface area contributed by atoms with E-state index in [-0.39, 0.29) is 10.6 Å². The van der Waals surface area contributed by atoms with Gasteiger partial charge in [0.25, 0.3) is 0 Å². The van der Waals surface area contributed by atoms with Crippen LogP contribution in [0, 0.1) is 25.5 Å². The standard InChI is InChI=1S/C21H14Cl3F2NO3/c1-10-5-13(11(2)27(10)12-3-4-15(22)17(24)6-12)20(28)9-30-21(29)14-7-18(25)19(26)8-16(14)23/h3-8H,9H2,1-2H3. The second-order valence-corrected chi connectivity index (χ2v) is 7.69. The summed E-state index contributed by atoms with van der Waals surface area (Å²) in [4.78, 5) is 24.8. The van der Waals surface area contributed by atoms with E-state index in [1.807, 2.05) is 4.57 Å². The lowest BCUT2D eigenvalue weighted by Gasteiger charge is -2.11. The highest BCUT2D eigenvalue weighted by Crippen LogP contribution is 2.28. The van der Waals surface area contributed by atoms with Crippen molar-refractivity contribution >= 4 is 46.6 Å². The highest BCUT2D eigenvalue weighted by Gasteiger charge is 2.21. The van der Waals surface area contributed by atoms with Crippen molar-refractivity contribution < 1.29 is 23.1 Å². The van der Waals surface area contributed by atoms with Crippen LogP contribution in [0.4, 0.5) is 8.78 Å². The molecule has 0 aliphatic heterocycles. The predicted octanol–water partition coefficient (Wildman–Crippen LogP) is 6.37. The Morgan fingerprint density at radius 1 is 0.900 bits per heavy atom. The predicted molar refractivity (Wildman–Crippen MR) is 111 cm³/mol. The van der Waals surface area contributed by atoms with Gasteiger partial charge in [0.15, 0.2) is 18.2 Å². The van der Waals surface area contributed by atoms with Gasteiger partial charge in [-0.3, -0.25) is 4.79 Å². The number of carbonyl (C=O) groups is 2. The van der Waals surface area contributed by atoms with Crippen molar-refractivity contribution in [1.29, 1.82) is 0 Å². The summed E-state index contributed by atoms with van der Waals surface area (Å²) < 4.78 is 33.3. The number of carbonyl (C=O) groups excluding carboxylic acids is 2. The second-order valence-electron chi connectivity index (χ2n) is 6.46. The third kappa shape index (κ3) is 4.36. The van der Waals surface area contributed by atoms with Crippen LogP contribution in [0.5, 0.6) is 0 Å². The molecule has 2 aromatic carbocycles. The zero-order valence-electron chi connectivity index (χ0n) is 15.7. The maximum absolute atomic E-state index is 13.4. The van der Waals surface area contributed by atoms with Crippen molar-refractivity contribution in [2.45, 2.75) is 13.8 Å². The number of halogens is 5. The topological polar surface area (TPSA) is 48.3 Å².